The van der Waals surface area contributed by atoms with Crippen LogP contribution in [0, 0.1) is 46.3 Å². The molecule has 0 unspecified atom stereocenters. The Balaban J connectivity index is 1.43. The highest BCUT2D eigenvalue weighted by atomic mass is 32.2. The van der Waals surface area contributed by atoms with Gasteiger partial charge in [0.15, 0.2) is 0 Å². The summed E-state index contributed by atoms with van der Waals surface area (Å²) < 4.78 is 10.6. The highest BCUT2D eigenvalue weighted by molar-refractivity contribution is 8.08. The Morgan fingerprint density at radius 2 is 0.875 bits per heavy atom. The lowest BCUT2D eigenvalue weighted by molar-refractivity contribution is -0.129. The maximum Gasteiger partial charge on any atom is 0.0953 e. The van der Waals surface area contributed by atoms with Gasteiger partial charge in [-0.15, -0.1) is 0 Å². The van der Waals surface area contributed by atoms with E-state index in [1.165, 1.54) is 89.1 Å². The average Bonchev–Trinajstić information content (AvgIpc) is 2.51. The van der Waals surface area contributed by atoms with Crippen LogP contribution in [0.4, 0.5) is 0 Å². The average molecular weight is 365 g/mol. The maximum absolute atomic E-state index is 10.7. The van der Waals surface area contributed by atoms with Crippen LogP contribution in [0.15, 0.2) is 0 Å². The predicted octanol–water partition coefficient (Wildman–Crippen LogP) is 6.25. The Morgan fingerprint density at radius 3 is 1.08 bits per heavy atom. The van der Waals surface area contributed by atoms with Crippen molar-refractivity contribution in [2.24, 2.45) is 46.3 Å². The predicted molar refractivity (Wildman–Crippen MR) is 103 cm³/mol. The molecule has 8 aliphatic rings. The standard InChI is InChI=1S/C21H32OS2/c22-24-21(23,19-7-13-1-14(8-19)3-15(2-13)9-19)20-10-16-4-17(11-20)6-18(5-16)12-20/h13-18,22-23H,1-12H2. The molecule has 0 amide bonds. The Bertz CT molecular complexity index is 441. The van der Waals surface area contributed by atoms with Crippen molar-refractivity contribution in [1.82, 2.24) is 0 Å². The number of rotatable bonds is 3. The molecule has 1 N–H and O–H groups in total. The molecule has 8 fully saturated rings. The highest BCUT2D eigenvalue weighted by Crippen LogP contribution is 2.76. The monoisotopic (exact) mass is 364 g/mol. The van der Waals surface area contributed by atoms with Crippen LogP contribution >= 0.6 is 24.7 Å². The van der Waals surface area contributed by atoms with Gasteiger partial charge in [0.2, 0.25) is 0 Å². The highest BCUT2D eigenvalue weighted by Gasteiger charge is 2.69. The number of hydrogen-bond donors (Lipinski definition) is 2. The van der Waals surface area contributed by atoms with Gasteiger partial charge in [0.1, 0.15) is 0 Å². The van der Waals surface area contributed by atoms with Crippen LogP contribution in [-0.2, 0) is 0 Å². The second-order valence-electron chi connectivity index (χ2n) is 11.1. The number of hydrogen-bond acceptors (Lipinski definition) is 3. The van der Waals surface area contributed by atoms with Crippen LogP contribution < -0.4 is 0 Å². The first-order valence-corrected chi connectivity index (χ1v) is 11.8. The summed E-state index contributed by atoms with van der Waals surface area (Å²) in [6, 6.07) is 0. The molecular formula is C21H32OS2. The normalized spacial score (nSPS) is 59.8. The summed E-state index contributed by atoms with van der Waals surface area (Å²) >= 11 is 6.73. The molecule has 8 saturated carbocycles. The quantitative estimate of drug-likeness (QED) is 0.350. The lowest BCUT2D eigenvalue weighted by Gasteiger charge is -2.70. The molecule has 8 aliphatic carbocycles. The molecule has 0 aliphatic heterocycles. The Hall–Kier alpha value is 0.660. The van der Waals surface area contributed by atoms with Crippen molar-refractivity contribution in [2.75, 3.05) is 0 Å². The van der Waals surface area contributed by atoms with E-state index in [0.29, 0.717) is 10.8 Å². The van der Waals surface area contributed by atoms with E-state index < -0.39 is 0 Å². The van der Waals surface area contributed by atoms with E-state index in [0.717, 1.165) is 35.5 Å². The minimum Gasteiger partial charge on any atom is -0.329 e. The second-order valence-corrected chi connectivity index (χ2v) is 12.9. The van der Waals surface area contributed by atoms with Crippen molar-refractivity contribution in [2.45, 2.75) is 81.1 Å². The summed E-state index contributed by atoms with van der Waals surface area (Å²) in [6.07, 6.45) is 17.2. The van der Waals surface area contributed by atoms with E-state index in [-0.39, 0.29) is 4.08 Å². The lowest BCUT2D eigenvalue weighted by Crippen LogP contribution is -2.64. The van der Waals surface area contributed by atoms with Crippen LogP contribution in [0.5, 0.6) is 0 Å². The molecule has 134 valence electrons. The van der Waals surface area contributed by atoms with Gasteiger partial charge in [0, 0.05) is 12.0 Å². The summed E-state index contributed by atoms with van der Waals surface area (Å²) in [5.41, 5.74) is 0.659. The molecule has 0 radical (unpaired) electrons. The van der Waals surface area contributed by atoms with Crippen molar-refractivity contribution in [3.8, 4) is 0 Å². The smallest absolute Gasteiger partial charge is 0.0953 e. The van der Waals surface area contributed by atoms with Gasteiger partial charge in [0.05, 0.1) is 4.08 Å². The molecule has 0 aromatic heterocycles. The molecule has 0 spiro atoms. The fraction of sp³-hybridized carbons (Fsp3) is 1.00. The largest absolute Gasteiger partial charge is 0.329 e. The maximum atomic E-state index is 10.7. The van der Waals surface area contributed by atoms with Crippen LogP contribution in [0.25, 0.3) is 0 Å². The first-order valence-electron chi connectivity index (χ1n) is 10.6. The molecular weight excluding hydrogens is 332 g/mol. The van der Waals surface area contributed by atoms with Crippen LogP contribution in [0.3, 0.4) is 0 Å². The van der Waals surface area contributed by atoms with Crippen molar-refractivity contribution in [3.63, 3.8) is 0 Å². The Labute approximate surface area is 156 Å². The lowest BCUT2D eigenvalue weighted by atomic mass is 9.41. The van der Waals surface area contributed by atoms with E-state index in [1.54, 1.807) is 0 Å². The molecule has 8 rings (SSSR count). The van der Waals surface area contributed by atoms with Gasteiger partial charge in [-0.05, 0) is 123 Å². The van der Waals surface area contributed by atoms with Crippen LogP contribution in [-0.4, -0.2) is 8.63 Å². The van der Waals surface area contributed by atoms with Gasteiger partial charge in [-0.25, -0.2) is 0 Å². The third-order valence-corrected chi connectivity index (χ3v) is 12.0. The summed E-state index contributed by atoms with van der Waals surface area (Å²) in [5.74, 6) is 5.69. The Kier molecular flexibility index (Phi) is 3.22. The van der Waals surface area contributed by atoms with Crippen LogP contribution in [0.1, 0.15) is 77.0 Å². The zero-order chi connectivity index (χ0) is 16.2. The SMILES string of the molecule is OSC(S)(C12CC3CC(CC(C3)C1)C2)C12CC3CC(CC(C3)C1)C2. The fourth-order valence-corrected chi connectivity index (χ4v) is 11.2. The topological polar surface area (TPSA) is 20.2 Å². The van der Waals surface area contributed by atoms with Gasteiger partial charge in [0.25, 0.3) is 0 Å². The first-order chi connectivity index (χ1) is 11.5. The van der Waals surface area contributed by atoms with E-state index in [2.05, 4.69) is 0 Å². The molecule has 0 heterocycles. The second kappa shape index (κ2) is 4.93. The van der Waals surface area contributed by atoms with E-state index in [9.17, 15) is 4.55 Å². The molecule has 1 nitrogen and oxygen atoms in total. The van der Waals surface area contributed by atoms with Gasteiger partial charge in [-0.3, -0.25) is 0 Å². The molecule has 0 aromatic carbocycles. The van der Waals surface area contributed by atoms with Gasteiger partial charge < -0.3 is 4.55 Å². The van der Waals surface area contributed by atoms with Crippen molar-refractivity contribution >= 4 is 24.7 Å². The summed E-state index contributed by atoms with van der Waals surface area (Å²) in [4.78, 5) is 0. The summed E-state index contributed by atoms with van der Waals surface area (Å²) in [7, 11) is 0. The Morgan fingerprint density at radius 1 is 0.625 bits per heavy atom. The molecule has 0 atom stereocenters. The molecule has 24 heavy (non-hydrogen) atoms. The minimum absolute atomic E-state index is 0.175. The molecule has 8 bridgehead atoms. The third kappa shape index (κ3) is 1.86. The van der Waals surface area contributed by atoms with E-state index in [4.69, 9.17) is 12.6 Å². The summed E-state index contributed by atoms with van der Waals surface area (Å²) in [6.45, 7) is 0. The summed E-state index contributed by atoms with van der Waals surface area (Å²) in [5, 5.41) is 0. The van der Waals surface area contributed by atoms with Gasteiger partial charge in [-0.2, -0.15) is 12.6 Å². The minimum atomic E-state index is -0.175. The van der Waals surface area contributed by atoms with E-state index >= 15 is 0 Å². The molecule has 3 heteroatoms. The van der Waals surface area contributed by atoms with Crippen molar-refractivity contribution in [3.05, 3.63) is 0 Å². The first kappa shape index (κ1) is 15.7. The van der Waals surface area contributed by atoms with Crippen LogP contribution in [0.2, 0.25) is 0 Å². The van der Waals surface area contributed by atoms with E-state index in [1.807, 2.05) is 0 Å². The third-order valence-electron chi connectivity index (χ3n) is 9.65. The fourth-order valence-electron chi connectivity index (χ4n) is 9.81. The molecule has 0 saturated heterocycles. The molecule has 0 aromatic rings. The van der Waals surface area contributed by atoms with Crippen molar-refractivity contribution in [1.29, 1.82) is 0 Å². The zero-order valence-electron chi connectivity index (χ0n) is 14.8. The van der Waals surface area contributed by atoms with Gasteiger partial charge in [-0.1, -0.05) is 0 Å². The van der Waals surface area contributed by atoms with Gasteiger partial charge >= 0.3 is 0 Å². The number of thiol groups is 1. The van der Waals surface area contributed by atoms with Crippen molar-refractivity contribution < 1.29 is 4.55 Å². The zero-order valence-corrected chi connectivity index (χ0v) is 16.5.